The molecule has 1 amide bonds. The molecule has 16 heavy (non-hydrogen) atoms. The van der Waals surface area contributed by atoms with Crippen LogP contribution in [0, 0.1) is 0 Å². The van der Waals surface area contributed by atoms with E-state index in [1.165, 1.54) is 0 Å². The highest BCUT2D eigenvalue weighted by atomic mass is 16.4. The molecule has 1 aromatic rings. The first-order valence-corrected chi connectivity index (χ1v) is 5.03. The topological polar surface area (TPSA) is 86.3 Å². The molecule has 0 saturated carbocycles. The number of carbonyl (C=O) groups excluding carboxylic acids is 1. The highest BCUT2D eigenvalue weighted by molar-refractivity contribution is 5.76. The van der Waals surface area contributed by atoms with E-state index in [0.717, 1.165) is 5.56 Å². The number of nitrogens with one attached hydrogen (secondary N) is 1. The SMILES string of the molecule is CN(Cc1cn[nH]c1)C(=O)CCCC(=O)O. The summed E-state index contributed by atoms with van der Waals surface area (Å²) >= 11 is 0. The number of carboxylic acid groups (broad SMARTS) is 1. The maximum Gasteiger partial charge on any atom is 0.303 e. The number of hydrogen-bond acceptors (Lipinski definition) is 3. The number of hydrogen-bond donors (Lipinski definition) is 2. The monoisotopic (exact) mass is 225 g/mol. The number of carbonyl (C=O) groups is 2. The summed E-state index contributed by atoms with van der Waals surface area (Å²) < 4.78 is 0. The molecule has 0 aliphatic rings. The number of aromatic amines is 1. The zero-order chi connectivity index (χ0) is 12.0. The molecule has 88 valence electrons. The third-order valence-electron chi connectivity index (χ3n) is 2.18. The van der Waals surface area contributed by atoms with Crippen LogP contribution in [0.2, 0.25) is 0 Å². The van der Waals surface area contributed by atoms with Crippen molar-refractivity contribution in [1.29, 1.82) is 0 Å². The largest absolute Gasteiger partial charge is 0.481 e. The summed E-state index contributed by atoms with van der Waals surface area (Å²) in [5.41, 5.74) is 0.925. The minimum Gasteiger partial charge on any atom is -0.481 e. The summed E-state index contributed by atoms with van der Waals surface area (Å²) in [6, 6.07) is 0. The summed E-state index contributed by atoms with van der Waals surface area (Å²) in [6.07, 6.45) is 4.05. The number of H-pyrrole nitrogens is 1. The van der Waals surface area contributed by atoms with Crippen LogP contribution in [0.1, 0.15) is 24.8 Å². The maximum atomic E-state index is 11.6. The van der Waals surface area contributed by atoms with Crippen molar-refractivity contribution in [2.24, 2.45) is 0 Å². The van der Waals surface area contributed by atoms with Gasteiger partial charge < -0.3 is 10.0 Å². The van der Waals surface area contributed by atoms with Crippen molar-refractivity contribution in [1.82, 2.24) is 15.1 Å². The molecule has 0 radical (unpaired) electrons. The van der Waals surface area contributed by atoms with Crippen molar-refractivity contribution in [2.75, 3.05) is 7.05 Å². The van der Waals surface area contributed by atoms with Gasteiger partial charge in [-0.15, -0.1) is 0 Å². The third-order valence-corrected chi connectivity index (χ3v) is 2.18. The molecule has 6 nitrogen and oxygen atoms in total. The molecule has 0 bridgehead atoms. The Bertz CT molecular complexity index is 348. The molecule has 1 heterocycles. The fourth-order valence-corrected chi connectivity index (χ4v) is 1.31. The van der Waals surface area contributed by atoms with Crippen molar-refractivity contribution < 1.29 is 14.7 Å². The predicted molar refractivity (Wildman–Crippen MR) is 56.5 cm³/mol. The first-order chi connectivity index (χ1) is 7.59. The molecule has 1 rings (SSSR count). The summed E-state index contributed by atoms with van der Waals surface area (Å²) in [5.74, 6) is -0.923. The minimum atomic E-state index is -0.870. The second kappa shape index (κ2) is 5.89. The fraction of sp³-hybridized carbons (Fsp3) is 0.500. The number of rotatable bonds is 6. The minimum absolute atomic E-state index is 0.0330. The van der Waals surface area contributed by atoms with Gasteiger partial charge in [-0.05, 0) is 6.42 Å². The van der Waals surface area contributed by atoms with E-state index in [4.69, 9.17) is 5.11 Å². The lowest BCUT2D eigenvalue weighted by atomic mass is 10.2. The van der Waals surface area contributed by atoms with Gasteiger partial charge in [0.25, 0.3) is 0 Å². The van der Waals surface area contributed by atoms with E-state index in [2.05, 4.69) is 10.2 Å². The second-order valence-electron chi connectivity index (χ2n) is 3.60. The van der Waals surface area contributed by atoms with E-state index < -0.39 is 5.97 Å². The molecule has 0 saturated heterocycles. The van der Waals surface area contributed by atoms with Gasteiger partial charge in [0.15, 0.2) is 0 Å². The van der Waals surface area contributed by atoms with E-state index in [1.54, 1.807) is 24.3 Å². The molecule has 1 aromatic heterocycles. The van der Waals surface area contributed by atoms with Crippen molar-refractivity contribution in [2.45, 2.75) is 25.8 Å². The Morgan fingerprint density at radius 2 is 2.25 bits per heavy atom. The van der Waals surface area contributed by atoms with Gasteiger partial charge in [0.1, 0.15) is 0 Å². The van der Waals surface area contributed by atoms with Gasteiger partial charge >= 0.3 is 5.97 Å². The number of aromatic nitrogens is 2. The Labute approximate surface area is 93.3 Å². The molecular weight excluding hydrogens is 210 g/mol. The molecule has 0 aliphatic heterocycles. The van der Waals surface area contributed by atoms with Crippen LogP contribution in [0.3, 0.4) is 0 Å². The number of amides is 1. The van der Waals surface area contributed by atoms with Crippen molar-refractivity contribution >= 4 is 11.9 Å². The van der Waals surface area contributed by atoms with Crippen LogP contribution in [0.5, 0.6) is 0 Å². The molecule has 0 spiro atoms. The molecule has 0 aliphatic carbocycles. The third kappa shape index (κ3) is 4.12. The predicted octanol–water partition coefficient (Wildman–Crippen LogP) is 0.623. The highest BCUT2D eigenvalue weighted by Gasteiger charge is 2.10. The Kier molecular flexibility index (Phi) is 4.50. The Morgan fingerprint density at radius 1 is 1.50 bits per heavy atom. The van der Waals surface area contributed by atoms with E-state index in [0.29, 0.717) is 13.0 Å². The zero-order valence-electron chi connectivity index (χ0n) is 9.14. The van der Waals surface area contributed by atoms with Crippen LogP contribution in [-0.4, -0.2) is 39.1 Å². The van der Waals surface area contributed by atoms with E-state index in [9.17, 15) is 9.59 Å². The van der Waals surface area contributed by atoms with Crippen LogP contribution < -0.4 is 0 Å². The van der Waals surface area contributed by atoms with Crippen molar-refractivity contribution in [3.63, 3.8) is 0 Å². The zero-order valence-corrected chi connectivity index (χ0v) is 9.14. The Hall–Kier alpha value is -1.85. The maximum absolute atomic E-state index is 11.6. The first kappa shape index (κ1) is 12.2. The van der Waals surface area contributed by atoms with Gasteiger partial charge in [0, 0.05) is 38.2 Å². The smallest absolute Gasteiger partial charge is 0.303 e. The van der Waals surface area contributed by atoms with E-state index >= 15 is 0 Å². The lowest BCUT2D eigenvalue weighted by molar-refractivity contribution is -0.137. The molecule has 0 unspecified atom stereocenters. The van der Waals surface area contributed by atoms with Gasteiger partial charge in [-0.2, -0.15) is 5.10 Å². The van der Waals surface area contributed by atoms with Gasteiger partial charge in [0.2, 0.25) is 5.91 Å². The van der Waals surface area contributed by atoms with E-state index in [-0.39, 0.29) is 18.7 Å². The summed E-state index contributed by atoms with van der Waals surface area (Å²) in [7, 11) is 1.69. The van der Waals surface area contributed by atoms with Crippen LogP contribution in [0.4, 0.5) is 0 Å². The van der Waals surface area contributed by atoms with E-state index in [1.807, 2.05) is 0 Å². The molecular formula is C10H15N3O3. The van der Waals surface area contributed by atoms with Gasteiger partial charge in [-0.1, -0.05) is 0 Å². The van der Waals surface area contributed by atoms with Crippen molar-refractivity contribution in [3.05, 3.63) is 18.0 Å². The summed E-state index contributed by atoms with van der Waals surface area (Å²) in [6.45, 7) is 0.488. The van der Waals surface area contributed by atoms with Crippen LogP contribution in [0.15, 0.2) is 12.4 Å². The quantitative estimate of drug-likeness (QED) is 0.743. The van der Waals surface area contributed by atoms with Crippen molar-refractivity contribution in [3.8, 4) is 0 Å². The average Bonchev–Trinajstić information content (AvgIpc) is 2.69. The molecule has 2 N–H and O–H groups in total. The standard InChI is InChI=1S/C10H15N3O3/c1-13(7-8-5-11-12-6-8)9(14)3-2-4-10(15)16/h5-6H,2-4,7H2,1H3,(H,11,12)(H,15,16). The molecule has 0 aromatic carbocycles. The number of aliphatic carboxylic acids is 1. The van der Waals surface area contributed by atoms with Crippen LogP contribution in [0.25, 0.3) is 0 Å². The van der Waals surface area contributed by atoms with Gasteiger partial charge in [-0.3, -0.25) is 14.7 Å². The average molecular weight is 225 g/mol. The number of carboxylic acids is 1. The summed E-state index contributed by atoms with van der Waals surface area (Å²) in [4.78, 5) is 23.4. The van der Waals surface area contributed by atoms with Crippen LogP contribution in [-0.2, 0) is 16.1 Å². The lowest BCUT2D eigenvalue weighted by Gasteiger charge is -2.15. The fourth-order valence-electron chi connectivity index (χ4n) is 1.31. The first-order valence-electron chi connectivity index (χ1n) is 5.03. The Balaban J connectivity index is 2.28. The summed E-state index contributed by atoms with van der Waals surface area (Å²) in [5, 5.41) is 14.9. The second-order valence-corrected chi connectivity index (χ2v) is 3.60. The molecule has 0 fully saturated rings. The van der Waals surface area contributed by atoms with Crippen LogP contribution >= 0.6 is 0 Å². The normalized spacial score (nSPS) is 10.1. The Morgan fingerprint density at radius 3 is 2.81 bits per heavy atom. The molecule has 6 heteroatoms. The van der Waals surface area contributed by atoms with Gasteiger partial charge in [0.05, 0.1) is 6.20 Å². The number of nitrogens with zero attached hydrogens (tertiary/aromatic N) is 2. The lowest BCUT2D eigenvalue weighted by Crippen LogP contribution is -2.25. The molecule has 0 atom stereocenters. The van der Waals surface area contributed by atoms with Gasteiger partial charge in [-0.25, -0.2) is 0 Å². The highest BCUT2D eigenvalue weighted by Crippen LogP contribution is 2.04.